The number of rotatable bonds is 13. The number of hydrogen-bond acceptors (Lipinski definition) is 5. The van der Waals surface area contributed by atoms with E-state index in [4.69, 9.17) is 21.6 Å². The molecule has 1 fully saturated rings. The first-order valence-corrected chi connectivity index (χ1v) is 11.6. The third-order valence-electron chi connectivity index (χ3n) is 5.32. The lowest BCUT2D eigenvalue weighted by Gasteiger charge is -2.23. The van der Waals surface area contributed by atoms with Crippen molar-refractivity contribution in [3.63, 3.8) is 0 Å². The van der Waals surface area contributed by atoms with Gasteiger partial charge in [-0.15, -0.1) is 6.42 Å². The van der Waals surface area contributed by atoms with E-state index in [1.54, 1.807) is 11.0 Å². The number of amides is 2. The highest BCUT2D eigenvalue weighted by atomic mass is 16.6. The molecule has 0 aromatic heterocycles. The van der Waals surface area contributed by atoms with Gasteiger partial charge in [0, 0.05) is 44.3 Å². The summed E-state index contributed by atoms with van der Waals surface area (Å²) in [5.41, 5.74) is 5.73. The molecule has 0 aromatic carbocycles. The number of nitrogens with two attached hydrogens (primary N) is 1. The second-order valence-corrected chi connectivity index (χ2v) is 8.33. The van der Waals surface area contributed by atoms with Gasteiger partial charge < -0.3 is 20.1 Å². The van der Waals surface area contributed by atoms with E-state index in [0.717, 1.165) is 38.0 Å². The van der Waals surface area contributed by atoms with Crippen LogP contribution >= 0.6 is 0 Å². The summed E-state index contributed by atoms with van der Waals surface area (Å²) >= 11 is 0. The summed E-state index contributed by atoms with van der Waals surface area (Å²) in [6.45, 7) is 5.44. The standard InChI is InChI=1S/C25H39N3O4/c1-5-12-23(32-25(30)28-18-11-14-21(28)19-26)22(31-4)15-10-17-27-24(29)16-9-7-6-8-13-20(2)3/h1,12,15,17,20-21H,6-11,13-14,16,18-19,26H2,2-4H3/b22-15+,23-12+,27-17?. The number of unbranched alkanes of at least 4 members (excludes halogenated alkanes) is 3. The maximum absolute atomic E-state index is 12.5. The first-order valence-electron chi connectivity index (χ1n) is 11.6. The zero-order chi connectivity index (χ0) is 23.8. The van der Waals surface area contributed by atoms with E-state index in [9.17, 15) is 9.59 Å². The third-order valence-corrected chi connectivity index (χ3v) is 5.32. The van der Waals surface area contributed by atoms with Gasteiger partial charge >= 0.3 is 6.09 Å². The molecular weight excluding hydrogens is 406 g/mol. The van der Waals surface area contributed by atoms with Crippen LogP contribution in [0.2, 0.25) is 0 Å². The molecule has 0 bridgehead atoms. The van der Waals surface area contributed by atoms with Gasteiger partial charge in [-0.3, -0.25) is 4.79 Å². The predicted molar refractivity (Wildman–Crippen MR) is 128 cm³/mol. The van der Waals surface area contributed by atoms with Crippen molar-refractivity contribution in [1.82, 2.24) is 4.90 Å². The first-order chi connectivity index (χ1) is 15.4. The van der Waals surface area contributed by atoms with Crippen LogP contribution in [0, 0.1) is 18.3 Å². The monoisotopic (exact) mass is 445 g/mol. The molecule has 1 unspecified atom stereocenters. The van der Waals surface area contributed by atoms with Crippen LogP contribution in [-0.2, 0) is 14.3 Å². The maximum Gasteiger partial charge on any atom is 0.415 e. The first kappa shape index (κ1) is 27.4. The fraction of sp³-hybridized carbons (Fsp3) is 0.640. The van der Waals surface area contributed by atoms with Crippen molar-refractivity contribution in [2.45, 2.75) is 77.7 Å². The predicted octanol–water partition coefficient (Wildman–Crippen LogP) is 4.58. The summed E-state index contributed by atoms with van der Waals surface area (Å²) in [6, 6.07) is -0.0297. The van der Waals surface area contributed by atoms with E-state index >= 15 is 0 Å². The van der Waals surface area contributed by atoms with Crippen LogP contribution in [0.1, 0.15) is 71.6 Å². The molecular formula is C25H39N3O4. The van der Waals surface area contributed by atoms with E-state index in [1.165, 1.54) is 32.2 Å². The van der Waals surface area contributed by atoms with Crippen LogP contribution in [0.15, 0.2) is 28.7 Å². The Balaban J connectivity index is 2.52. The number of nitrogens with zero attached hydrogens (tertiary/aromatic N) is 2. The highest BCUT2D eigenvalue weighted by Gasteiger charge is 2.30. The molecule has 7 nitrogen and oxygen atoms in total. The Morgan fingerprint density at radius 2 is 2.00 bits per heavy atom. The number of ether oxygens (including phenoxy) is 2. The van der Waals surface area contributed by atoms with Crippen molar-refractivity contribution in [1.29, 1.82) is 0 Å². The van der Waals surface area contributed by atoms with E-state index < -0.39 is 6.09 Å². The zero-order valence-electron chi connectivity index (χ0n) is 19.8. The van der Waals surface area contributed by atoms with Crippen LogP contribution in [0.5, 0.6) is 0 Å². The average Bonchev–Trinajstić information content (AvgIpc) is 3.25. The normalized spacial score (nSPS) is 17.1. The van der Waals surface area contributed by atoms with Gasteiger partial charge in [-0.2, -0.15) is 0 Å². The Kier molecular flexibility index (Phi) is 13.8. The molecule has 0 radical (unpaired) electrons. The summed E-state index contributed by atoms with van der Waals surface area (Å²) < 4.78 is 10.8. The number of aliphatic imine (C=N–C) groups is 1. The van der Waals surface area contributed by atoms with Crippen LogP contribution in [0.4, 0.5) is 4.79 Å². The minimum Gasteiger partial charge on any atom is -0.493 e. The Morgan fingerprint density at radius 3 is 2.66 bits per heavy atom. The molecule has 1 aliphatic heterocycles. The summed E-state index contributed by atoms with van der Waals surface area (Å²) in [6.07, 6.45) is 17.5. The van der Waals surface area contributed by atoms with Gasteiger partial charge in [0.05, 0.1) is 7.11 Å². The fourth-order valence-electron chi connectivity index (χ4n) is 3.55. The van der Waals surface area contributed by atoms with E-state index in [-0.39, 0.29) is 17.7 Å². The molecule has 1 saturated heterocycles. The van der Waals surface area contributed by atoms with Gasteiger partial charge in [0.15, 0.2) is 11.5 Å². The Hall–Kier alpha value is -2.59. The number of methoxy groups -OCH3 is 1. The van der Waals surface area contributed by atoms with Crippen LogP contribution in [-0.4, -0.2) is 49.4 Å². The summed E-state index contributed by atoms with van der Waals surface area (Å²) in [5.74, 6) is 3.42. The molecule has 32 heavy (non-hydrogen) atoms. The molecule has 178 valence electrons. The van der Waals surface area contributed by atoms with Crippen molar-refractivity contribution in [2.75, 3.05) is 20.2 Å². The lowest BCUT2D eigenvalue weighted by atomic mass is 10.0. The lowest BCUT2D eigenvalue weighted by Crippen LogP contribution is -2.40. The summed E-state index contributed by atoms with van der Waals surface area (Å²) in [5, 5.41) is 0. The summed E-state index contributed by atoms with van der Waals surface area (Å²) in [7, 11) is 1.46. The van der Waals surface area contributed by atoms with Crippen molar-refractivity contribution in [2.24, 2.45) is 16.6 Å². The number of carbonyl (C=O) groups is 2. The number of likely N-dealkylation sites (tertiary alicyclic amines) is 1. The van der Waals surface area contributed by atoms with Crippen LogP contribution in [0.25, 0.3) is 0 Å². The average molecular weight is 446 g/mol. The molecule has 1 rings (SSSR count). The van der Waals surface area contributed by atoms with Crippen LogP contribution in [0.3, 0.4) is 0 Å². The number of terminal acetylenes is 1. The Labute approximate surface area is 193 Å². The topological polar surface area (TPSA) is 94.2 Å². The second-order valence-electron chi connectivity index (χ2n) is 8.33. The van der Waals surface area contributed by atoms with Crippen molar-refractivity contribution >= 4 is 18.2 Å². The molecule has 2 amide bonds. The zero-order valence-corrected chi connectivity index (χ0v) is 19.8. The molecule has 1 heterocycles. The summed E-state index contributed by atoms with van der Waals surface area (Å²) in [4.78, 5) is 30.0. The smallest absolute Gasteiger partial charge is 0.415 e. The minimum atomic E-state index is -0.500. The highest BCUT2D eigenvalue weighted by molar-refractivity contribution is 5.85. The quantitative estimate of drug-likeness (QED) is 0.147. The molecule has 0 saturated carbocycles. The van der Waals surface area contributed by atoms with Crippen LogP contribution < -0.4 is 5.73 Å². The molecule has 0 spiro atoms. The second kappa shape index (κ2) is 16.1. The van der Waals surface area contributed by atoms with Gasteiger partial charge in [-0.05, 0) is 31.3 Å². The van der Waals surface area contributed by atoms with E-state index in [0.29, 0.717) is 31.7 Å². The maximum atomic E-state index is 12.5. The van der Waals surface area contributed by atoms with Crippen molar-refractivity contribution < 1.29 is 19.1 Å². The molecule has 7 heteroatoms. The van der Waals surface area contributed by atoms with Gasteiger partial charge in [0.1, 0.15) is 0 Å². The molecule has 0 aromatic rings. The molecule has 2 N–H and O–H groups in total. The van der Waals surface area contributed by atoms with Gasteiger partial charge in [-0.25, -0.2) is 9.79 Å². The van der Waals surface area contributed by atoms with Gasteiger partial charge in [0.25, 0.3) is 0 Å². The number of hydrogen-bond donors (Lipinski definition) is 1. The molecule has 0 aliphatic carbocycles. The van der Waals surface area contributed by atoms with Crippen molar-refractivity contribution in [3.8, 4) is 12.3 Å². The Bertz CT molecular complexity index is 719. The van der Waals surface area contributed by atoms with Crippen molar-refractivity contribution in [3.05, 3.63) is 23.7 Å². The molecule has 1 aliphatic rings. The Morgan fingerprint density at radius 1 is 1.25 bits per heavy atom. The lowest BCUT2D eigenvalue weighted by molar-refractivity contribution is -0.117. The van der Waals surface area contributed by atoms with Gasteiger partial charge in [-0.1, -0.05) is 45.5 Å². The fourth-order valence-corrected chi connectivity index (χ4v) is 3.55. The van der Waals surface area contributed by atoms with E-state index in [2.05, 4.69) is 24.8 Å². The third kappa shape index (κ3) is 10.6. The minimum absolute atomic E-state index is 0.0297. The van der Waals surface area contributed by atoms with E-state index in [1.807, 2.05) is 0 Å². The SMILES string of the molecule is C#C/C=C(OC(=O)N1CCCC1CN)\C(=C/CC=NC(=O)CCCCCCC(C)C)OC. The number of allylic oxidation sites excluding steroid dienone is 2. The van der Waals surface area contributed by atoms with Gasteiger partial charge in [0.2, 0.25) is 5.91 Å². The number of carbonyl (C=O) groups excluding carboxylic acids is 2. The largest absolute Gasteiger partial charge is 0.493 e. The molecule has 1 atom stereocenters. The highest BCUT2D eigenvalue weighted by Crippen LogP contribution is 2.21.